The van der Waals surface area contributed by atoms with Gasteiger partial charge in [0.2, 0.25) is 0 Å². The molecule has 0 spiro atoms. The molecule has 0 saturated heterocycles. The Morgan fingerprint density at radius 1 is 1.04 bits per heavy atom. The zero-order chi connectivity index (χ0) is 18.6. The van der Waals surface area contributed by atoms with Crippen LogP contribution < -0.4 is 4.83 Å². The molecule has 0 aromatic heterocycles. The Hall–Kier alpha value is -2.65. The van der Waals surface area contributed by atoms with Gasteiger partial charge in [-0.25, -0.2) is 4.83 Å². The van der Waals surface area contributed by atoms with Crippen molar-refractivity contribution in [3.8, 4) is 6.07 Å². The molecule has 5 nitrogen and oxygen atoms in total. The number of nitriles is 1. The van der Waals surface area contributed by atoms with E-state index in [2.05, 4.69) is 16.0 Å². The molecule has 26 heavy (non-hydrogen) atoms. The van der Waals surface area contributed by atoms with E-state index in [0.29, 0.717) is 11.5 Å². The predicted octanol–water partition coefficient (Wildman–Crippen LogP) is 3.86. The third-order valence-electron chi connectivity index (χ3n) is 4.73. The smallest absolute Gasteiger partial charge is 0.200 e. The predicted molar refractivity (Wildman–Crippen MR) is 101 cm³/mol. The lowest BCUT2D eigenvalue weighted by Crippen LogP contribution is -2.22. The molecule has 0 unspecified atom stereocenters. The van der Waals surface area contributed by atoms with Crippen LogP contribution in [-0.2, 0) is 10.0 Å². The molecule has 0 bridgehead atoms. The maximum Gasteiger partial charge on any atom is 0.276 e. The number of hydrazone groups is 1. The Bertz CT molecular complexity index is 930. The van der Waals surface area contributed by atoms with Crippen LogP contribution in [0.5, 0.6) is 0 Å². The lowest BCUT2D eigenvalue weighted by atomic mass is 9.83. The Balaban J connectivity index is 1.60. The van der Waals surface area contributed by atoms with Gasteiger partial charge in [-0.3, -0.25) is 0 Å². The fraction of sp³-hybridized carbons (Fsp3) is 0.300. The number of nitrogens with one attached hydrogen (secondary N) is 1. The quantitative estimate of drug-likeness (QED) is 0.833. The summed E-state index contributed by atoms with van der Waals surface area (Å²) in [5.41, 5.74) is 3.78. The van der Waals surface area contributed by atoms with Gasteiger partial charge in [0.15, 0.2) is 0 Å². The number of hydrogen-bond acceptors (Lipinski definition) is 4. The highest BCUT2D eigenvalue weighted by Crippen LogP contribution is 2.31. The first kappa shape index (κ1) is 18.2. The van der Waals surface area contributed by atoms with Gasteiger partial charge >= 0.3 is 0 Å². The molecule has 134 valence electrons. The average Bonchev–Trinajstić information content (AvgIpc) is 2.67. The summed E-state index contributed by atoms with van der Waals surface area (Å²) in [6.07, 6.45) is 3.39. The van der Waals surface area contributed by atoms with Crippen LogP contribution in [0.3, 0.4) is 0 Å². The Morgan fingerprint density at radius 2 is 1.65 bits per heavy atom. The zero-order valence-electron chi connectivity index (χ0n) is 14.6. The molecule has 6 heteroatoms. The molecule has 0 aliphatic heterocycles. The molecule has 0 radical (unpaired) electrons. The van der Waals surface area contributed by atoms with E-state index in [1.165, 1.54) is 5.56 Å². The van der Waals surface area contributed by atoms with Crippen LogP contribution in [0.1, 0.15) is 48.3 Å². The van der Waals surface area contributed by atoms with E-state index in [0.717, 1.165) is 37.0 Å². The van der Waals surface area contributed by atoms with Gasteiger partial charge in [0.1, 0.15) is 0 Å². The van der Waals surface area contributed by atoms with Crippen LogP contribution in [0.15, 0.2) is 58.5 Å². The lowest BCUT2D eigenvalue weighted by molar-refractivity contribution is 0.560. The van der Waals surface area contributed by atoms with Crippen LogP contribution in [0.25, 0.3) is 0 Å². The molecule has 1 saturated carbocycles. The summed E-state index contributed by atoms with van der Waals surface area (Å²) in [6.45, 7) is 1.91. The van der Waals surface area contributed by atoms with E-state index in [1.54, 1.807) is 24.3 Å². The standard InChI is InChI=1S/C20H21N3O2S/c1-15-2-12-20(13-3-15)26(24,25)23-22-19-10-8-18(9-11-19)17-6-4-16(14-21)5-7-17/h2-7,12-13,18,23H,8-11H2,1H3. The van der Waals surface area contributed by atoms with Crippen LogP contribution in [0.2, 0.25) is 0 Å². The first-order valence-electron chi connectivity index (χ1n) is 8.62. The molecular weight excluding hydrogens is 346 g/mol. The van der Waals surface area contributed by atoms with E-state index in [1.807, 2.05) is 31.2 Å². The molecule has 0 heterocycles. The zero-order valence-corrected chi connectivity index (χ0v) is 15.5. The first-order valence-corrected chi connectivity index (χ1v) is 10.1. The van der Waals surface area contributed by atoms with Crippen molar-refractivity contribution in [2.45, 2.75) is 43.4 Å². The van der Waals surface area contributed by atoms with Crippen LogP contribution in [-0.4, -0.2) is 14.1 Å². The summed E-state index contributed by atoms with van der Waals surface area (Å²) in [5.74, 6) is 0.426. The van der Waals surface area contributed by atoms with Crippen molar-refractivity contribution in [1.82, 2.24) is 4.83 Å². The van der Waals surface area contributed by atoms with Crippen LogP contribution in [0, 0.1) is 18.3 Å². The maximum absolute atomic E-state index is 12.3. The van der Waals surface area contributed by atoms with Crippen LogP contribution >= 0.6 is 0 Å². The molecule has 1 fully saturated rings. The van der Waals surface area contributed by atoms with Crippen molar-refractivity contribution >= 4 is 15.7 Å². The summed E-state index contributed by atoms with van der Waals surface area (Å²) < 4.78 is 24.6. The van der Waals surface area contributed by atoms with Gasteiger partial charge in [0.05, 0.1) is 16.5 Å². The van der Waals surface area contributed by atoms with Crippen molar-refractivity contribution in [3.05, 3.63) is 65.2 Å². The molecular formula is C20H21N3O2S. The van der Waals surface area contributed by atoms with E-state index >= 15 is 0 Å². The summed E-state index contributed by atoms with van der Waals surface area (Å²) in [7, 11) is -3.62. The second kappa shape index (κ2) is 7.71. The molecule has 2 aromatic carbocycles. The summed E-state index contributed by atoms with van der Waals surface area (Å²) >= 11 is 0. The Labute approximate surface area is 154 Å². The molecule has 1 N–H and O–H groups in total. The van der Waals surface area contributed by atoms with Crippen molar-refractivity contribution in [1.29, 1.82) is 5.26 Å². The van der Waals surface area contributed by atoms with Gasteiger partial charge in [-0.1, -0.05) is 29.8 Å². The second-order valence-electron chi connectivity index (χ2n) is 6.59. The van der Waals surface area contributed by atoms with Crippen molar-refractivity contribution in [2.75, 3.05) is 0 Å². The molecule has 1 aliphatic carbocycles. The van der Waals surface area contributed by atoms with Gasteiger partial charge in [0, 0.05) is 5.71 Å². The number of hydrogen-bond donors (Lipinski definition) is 1. The van der Waals surface area contributed by atoms with Gasteiger partial charge < -0.3 is 0 Å². The number of nitrogens with zero attached hydrogens (tertiary/aromatic N) is 2. The summed E-state index contributed by atoms with van der Waals surface area (Å²) in [6, 6.07) is 16.5. The van der Waals surface area contributed by atoms with E-state index in [9.17, 15) is 8.42 Å². The van der Waals surface area contributed by atoms with Crippen LogP contribution in [0.4, 0.5) is 0 Å². The third-order valence-corrected chi connectivity index (χ3v) is 5.95. The van der Waals surface area contributed by atoms with Crippen molar-refractivity contribution < 1.29 is 8.42 Å². The molecule has 2 aromatic rings. The van der Waals surface area contributed by atoms with Gasteiger partial charge in [-0.05, 0) is 68.4 Å². The highest BCUT2D eigenvalue weighted by atomic mass is 32.2. The summed E-state index contributed by atoms with van der Waals surface area (Å²) in [5, 5.41) is 13.0. The SMILES string of the molecule is Cc1ccc(S(=O)(=O)NN=C2CCC(c3ccc(C#N)cc3)CC2)cc1. The molecule has 0 atom stereocenters. The molecule has 3 rings (SSSR count). The summed E-state index contributed by atoms with van der Waals surface area (Å²) in [4.78, 5) is 2.58. The normalized spacial score (nSPS) is 17.4. The van der Waals surface area contributed by atoms with E-state index in [-0.39, 0.29) is 4.90 Å². The fourth-order valence-corrected chi connectivity index (χ4v) is 3.97. The van der Waals surface area contributed by atoms with Crippen molar-refractivity contribution in [2.24, 2.45) is 5.10 Å². The van der Waals surface area contributed by atoms with Gasteiger partial charge in [-0.2, -0.15) is 18.8 Å². The number of benzene rings is 2. The lowest BCUT2D eigenvalue weighted by Gasteiger charge is -2.23. The number of sulfonamides is 1. The Morgan fingerprint density at radius 3 is 2.23 bits per heavy atom. The van der Waals surface area contributed by atoms with Gasteiger partial charge in [0.25, 0.3) is 10.0 Å². The number of aryl methyl sites for hydroxylation is 1. The molecule has 0 amide bonds. The minimum Gasteiger partial charge on any atom is -0.200 e. The first-order chi connectivity index (χ1) is 12.5. The highest BCUT2D eigenvalue weighted by Gasteiger charge is 2.20. The average molecular weight is 367 g/mol. The topological polar surface area (TPSA) is 82.3 Å². The van der Waals surface area contributed by atoms with Crippen molar-refractivity contribution in [3.63, 3.8) is 0 Å². The highest BCUT2D eigenvalue weighted by molar-refractivity contribution is 7.89. The van der Waals surface area contributed by atoms with E-state index < -0.39 is 10.0 Å². The maximum atomic E-state index is 12.3. The molecule has 1 aliphatic rings. The van der Waals surface area contributed by atoms with Gasteiger partial charge in [-0.15, -0.1) is 0 Å². The monoisotopic (exact) mass is 367 g/mol. The number of rotatable bonds is 4. The second-order valence-corrected chi connectivity index (χ2v) is 8.25. The fourth-order valence-electron chi connectivity index (χ4n) is 3.12. The minimum absolute atomic E-state index is 0.221. The largest absolute Gasteiger partial charge is 0.276 e. The minimum atomic E-state index is -3.62. The third kappa shape index (κ3) is 4.30. The Kier molecular flexibility index (Phi) is 5.38. The van der Waals surface area contributed by atoms with E-state index in [4.69, 9.17) is 5.26 Å².